The van der Waals surface area contributed by atoms with Crippen LogP contribution >= 0.6 is 15.9 Å². The second-order valence-corrected chi connectivity index (χ2v) is 6.17. The van der Waals surface area contributed by atoms with Crippen LogP contribution in [-0.2, 0) is 4.79 Å². The van der Waals surface area contributed by atoms with Crippen LogP contribution in [0.4, 0.5) is 11.4 Å². The number of nitrogen functional groups attached to an aromatic ring is 1. The minimum Gasteiger partial charge on any atom is -0.399 e. The molecule has 18 heavy (non-hydrogen) atoms. The molecule has 0 radical (unpaired) electrons. The van der Waals surface area contributed by atoms with Crippen molar-refractivity contribution < 1.29 is 4.79 Å². The second kappa shape index (κ2) is 5.31. The maximum Gasteiger partial charge on any atom is 0.230 e. The number of hydrogen-bond acceptors (Lipinski definition) is 2. The molecule has 0 heterocycles. The Balaban J connectivity index is 2.13. The van der Waals surface area contributed by atoms with Crippen molar-refractivity contribution in [3.63, 3.8) is 0 Å². The Morgan fingerprint density at radius 3 is 2.67 bits per heavy atom. The lowest BCUT2D eigenvalue weighted by Crippen LogP contribution is -2.35. The lowest BCUT2D eigenvalue weighted by atomic mass is 9.75. The van der Waals surface area contributed by atoms with E-state index in [0.29, 0.717) is 5.69 Å². The Morgan fingerprint density at radius 1 is 1.33 bits per heavy atom. The van der Waals surface area contributed by atoms with Gasteiger partial charge in [-0.05, 0) is 47.0 Å². The molecule has 0 unspecified atom stereocenters. The van der Waals surface area contributed by atoms with Crippen molar-refractivity contribution in [2.75, 3.05) is 11.1 Å². The monoisotopic (exact) mass is 310 g/mol. The summed E-state index contributed by atoms with van der Waals surface area (Å²) >= 11 is 3.43. The summed E-state index contributed by atoms with van der Waals surface area (Å²) < 4.78 is 0.865. The number of anilines is 2. The van der Waals surface area contributed by atoms with E-state index in [1.54, 1.807) is 6.07 Å². The molecule has 0 bridgehead atoms. The van der Waals surface area contributed by atoms with Crippen molar-refractivity contribution in [2.24, 2.45) is 5.41 Å². The van der Waals surface area contributed by atoms with Crippen LogP contribution in [-0.4, -0.2) is 5.91 Å². The summed E-state index contributed by atoms with van der Waals surface area (Å²) in [5.41, 5.74) is 6.92. The second-order valence-electron chi connectivity index (χ2n) is 5.31. The summed E-state index contributed by atoms with van der Waals surface area (Å²) in [5, 5.41) is 3.00. The third-order valence-electron chi connectivity index (χ3n) is 3.74. The van der Waals surface area contributed by atoms with Crippen molar-refractivity contribution >= 4 is 33.2 Å². The number of nitrogens with two attached hydrogens (primary N) is 1. The molecule has 1 aliphatic rings. The topological polar surface area (TPSA) is 55.1 Å². The van der Waals surface area contributed by atoms with Gasteiger partial charge >= 0.3 is 0 Å². The van der Waals surface area contributed by atoms with E-state index in [1.165, 1.54) is 6.42 Å². The first kappa shape index (κ1) is 13.4. The van der Waals surface area contributed by atoms with Crippen LogP contribution in [0.3, 0.4) is 0 Å². The van der Waals surface area contributed by atoms with Gasteiger partial charge in [0, 0.05) is 15.6 Å². The summed E-state index contributed by atoms with van der Waals surface area (Å²) in [4.78, 5) is 12.4. The van der Waals surface area contributed by atoms with Crippen LogP contribution in [0.15, 0.2) is 22.7 Å². The molecule has 4 heteroatoms. The van der Waals surface area contributed by atoms with Crippen LogP contribution in [0.5, 0.6) is 0 Å². The molecule has 2 rings (SSSR count). The van der Waals surface area contributed by atoms with Gasteiger partial charge < -0.3 is 11.1 Å². The quantitative estimate of drug-likeness (QED) is 0.813. The predicted molar refractivity (Wildman–Crippen MR) is 78.4 cm³/mol. The highest BCUT2D eigenvalue weighted by atomic mass is 79.9. The standard InChI is InChI=1S/C14H19BrN2O/c1-14(7-3-2-4-8-14)13(18)17-12-9-10(16)5-6-11(12)15/h5-6,9H,2-4,7-8,16H2,1H3,(H,17,18). The fourth-order valence-corrected chi connectivity index (χ4v) is 2.82. The van der Waals surface area contributed by atoms with Gasteiger partial charge in [0.05, 0.1) is 5.69 Å². The molecule has 98 valence electrons. The Bertz CT molecular complexity index is 453. The number of benzene rings is 1. The highest BCUT2D eigenvalue weighted by Crippen LogP contribution is 2.37. The average molecular weight is 311 g/mol. The Labute approximate surface area is 116 Å². The van der Waals surface area contributed by atoms with Crippen LogP contribution in [0, 0.1) is 5.41 Å². The van der Waals surface area contributed by atoms with Crippen molar-refractivity contribution in [2.45, 2.75) is 39.0 Å². The number of amides is 1. The minimum absolute atomic E-state index is 0.105. The van der Waals surface area contributed by atoms with Gasteiger partial charge in [0.15, 0.2) is 0 Å². The number of carbonyl (C=O) groups is 1. The first-order valence-electron chi connectivity index (χ1n) is 6.38. The van der Waals surface area contributed by atoms with Gasteiger partial charge in [-0.15, -0.1) is 0 Å². The van der Waals surface area contributed by atoms with Crippen molar-refractivity contribution in [1.82, 2.24) is 0 Å². The van der Waals surface area contributed by atoms with E-state index in [4.69, 9.17) is 5.73 Å². The minimum atomic E-state index is -0.234. The molecule has 1 aromatic rings. The molecule has 0 spiro atoms. The molecule has 3 nitrogen and oxygen atoms in total. The molecule has 0 aromatic heterocycles. The van der Waals surface area contributed by atoms with Crippen LogP contribution < -0.4 is 11.1 Å². The number of nitrogens with one attached hydrogen (secondary N) is 1. The third-order valence-corrected chi connectivity index (χ3v) is 4.44. The molecular weight excluding hydrogens is 292 g/mol. The molecule has 1 amide bonds. The molecule has 0 saturated heterocycles. The molecular formula is C14H19BrN2O. The van der Waals surface area contributed by atoms with Gasteiger partial charge in [0.1, 0.15) is 0 Å². The zero-order valence-electron chi connectivity index (χ0n) is 10.6. The normalized spacial score (nSPS) is 18.3. The van der Waals surface area contributed by atoms with Crippen LogP contribution in [0.2, 0.25) is 0 Å². The van der Waals surface area contributed by atoms with E-state index in [0.717, 1.165) is 35.8 Å². The predicted octanol–water partition coefficient (Wildman–Crippen LogP) is 3.94. The Morgan fingerprint density at radius 2 is 2.00 bits per heavy atom. The molecule has 0 aliphatic heterocycles. The van der Waals surface area contributed by atoms with Gasteiger partial charge in [-0.2, -0.15) is 0 Å². The zero-order valence-corrected chi connectivity index (χ0v) is 12.2. The van der Waals surface area contributed by atoms with Crippen molar-refractivity contribution in [3.8, 4) is 0 Å². The van der Waals surface area contributed by atoms with Gasteiger partial charge in [-0.3, -0.25) is 4.79 Å². The van der Waals surface area contributed by atoms with E-state index in [9.17, 15) is 4.79 Å². The van der Waals surface area contributed by atoms with Gasteiger partial charge in [-0.1, -0.05) is 26.2 Å². The fourth-order valence-electron chi connectivity index (χ4n) is 2.47. The van der Waals surface area contributed by atoms with Gasteiger partial charge in [0.2, 0.25) is 5.91 Å². The molecule has 1 saturated carbocycles. The highest BCUT2D eigenvalue weighted by Gasteiger charge is 2.34. The van der Waals surface area contributed by atoms with Crippen LogP contribution in [0.1, 0.15) is 39.0 Å². The molecule has 1 aliphatic carbocycles. The first-order chi connectivity index (χ1) is 8.51. The molecule has 0 atom stereocenters. The number of halogens is 1. The molecule has 3 N–H and O–H groups in total. The summed E-state index contributed by atoms with van der Waals surface area (Å²) in [5.74, 6) is 0.105. The first-order valence-corrected chi connectivity index (χ1v) is 7.17. The molecule has 1 fully saturated rings. The SMILES string of the molecule is CC1(C(=O)Nc2cc(N)ccc2Br)CCCCC1. The van der Waals surface area contributed by atoms with E-state index in [2.05, 4.69) is 28.2 Å². The van der Waals surface area contributed by atoms with E-state index in [-0.39, 0.29) is 11.3 Å². The van der Waals surface area contributed by atoms with E-state index >= 15 is 0 Å². The lowest BCUT2D eigenvalue weighted by Gasteiger charge is -2.32. The maximum absolute atomic E-state index is 12.4. The van der Waals surface area contributed by atoms with E-state index < -0.39 is 0 Å². The maximum atomic E-state index is 12.4. The summed E-state index contributed by atoms with van der Waals surface area (Å²) in [6.45, 7) is 2.06. The number of rotatable bonds is 2. The summed E-state index contributed by atoms with van der Waals surface area (Å²) in [6, 6.07) is 5.45. The number of hydrogen-bond donors (Lipinski definition) is 2. The fraction of sp³-hybridized carbons (Fsp3) is 0.500. The lowest BCUT2D eigenvalue weighted by molar-refractivity contribution is -0.126. The van der Waals surface area contributed by atoms with Gasteiger partial charge in [0.25, 0.3) is 0 Å². The summed E-state index contributed by atoms with van der Waals surface area (Å²) in [6.07, 6.45) is 5.46. The highest BCUT2D eigenvalue weighted by molar-refractivity contribution is 9.10. The smallest absolute Gasteiger partial charge is 0.230 e. The summed E-state index contributed by atoms with van der Waals surface area (Å²) in [7, 11) is 0. The zero-order chi connectivity index (χ0) is 13.2. The van der Waals surface area contributed by atoms with Crippen molar-refractivity contribution in [3.05, 3.63) is 22.7 Å². The Hall–Kier alpha value is -1.03. The van der Waals surface area contributed by atoms with Crippen molar-refractivity contribution in [1.29, 1.82) is 0 Å². The van der Waals surface area contributed by atoms with E-state index in [1.807, 2.05) is 12.1 Å². The van der Waals surface area contributed by atoms with Gasteiger partial charge in [-0.25, -0.2) is 0 Å². The average Bonchev–Trinajstić information content (AvgIpc) is 2.35. The third kappa shape index (κ3) is 2.86. The molecule has 1 aromatic carbocycles. The van der Waals surface area contributed by atoms with Crippen LogP contribution in [0.25, 0.3) is 0 Å². The largest absolute Gasteiger partial charge is 0.399 e. The number of carbonyl (C=O) groups excluding carboxylic acids is 1. The Kier molecular flexibility index (Phi) is 3.95.